The van der Waals surface area contributed by atoms with E-state index in [1.54, 1.807) is 19.1 Å². The van der Waals surface area contributed by atoms with Crippen LogP contribution in [0.2, 0.25) is 0 Å². The molecule has 2 aliphatic rings. The van der Waals surface area contributed by atoms with Gasteiger partial charge >= 0.3 is 5.97 Å². The minimum atomic E-state index is -0.399. The normalized spacial score (nSPS) is 22.7. The van der Waals surface area contributed by atoms with Crippen molar-refractivity contribution in [1.82, 2.24) is 0 Å². The largest absolute Gasteiger partial charge is 0.466 e. The molecule has 0 atom stereocenters. The van der Waals surface area contributed by atoms with E-state index < -0.39 is 5.41 Å². The van der Waals surface area contributed by atoms with Crippen LogP contribution in [0.1, 0.15) is 33.6 Å². The Morgan fingerprint density at radius 2 is 2.00 bits per heavy atom. The third-order valence-electron chi connectivity index (χ3n) is 3.41. The number of ether oxygens (including phenoxy) is 1. The number of aliphatic imine (C=N–C) groups is 1. The Hall–Kier alpha value is -1.71. The first-order valence-electron chi connectivity index (χ1n) is 6.54. The predicted molar refractivity (Wildman–Crippen MR) is 73.1 cm³/mol. The Labute approximate surface area is 113 Å². The molecular weight excluding hydrogens is 242 g/mol. The second kappa shape index (κ2) is 4.76. The molecule has 4 nitrogen and oxygen atoms in total. The summed E-state index contributed by atoms with van der Waals surface area (Å²) in [5.41, 5.74) is 0.164. The Kier molecular flexibility index (Phi) is 3.43. The van der Waals surface area contributed by atoms with Crippen molar-refractivity contribution < 1.29 is 14.3 Å². The molecule has 0 amide bonds. The number of carbonyl (C=O) groups is 2. The number of nitrogens with zero attached hydrogens (tertiary/aromatic N) is 1. The van der Waals surface area contributed by atoms with Gasteiger partial charge < -0.3 is 4.74 Å². The molecule has 4 heteroatoms. The molecule has 1 heterocycles. The number of ketones is 1. The molecule has 0 N–H and O–H groups in total. The third kappa shape index (κ3) is 2.83. The summed E-state index contributed by atoms with van der Waals surface area (Å²) < 4.78 is 4.99. The van der Waals surface area contributed by atoms with E-state index in [1.807, 2.05) is 26.0 Å². The first kappa shape index (κ1) is 13.7. The van der Waals surface area contributed by atoms with Gasteiger partial charge in [0.25, 0.3) is 0 Å². The van der Waals surface area contributed by atoms with Crippen LogP contribution in [0.4, 0.5) is 0 Å². The lowest BCUT2D eigenvalue weighted by atomic mass is 9.74. The van der Waals surface area contributed by atoms with Crippen LogP contribution in [-0.2, 0) is 14.3 Å². The molecule has 0 aromatic rings. The zero-order valence-electron chi connectivity index (χ0n) is 11.6. The third-order valence-corrected chi connectivity index (χ3v) is 3.41. The van der Waals surface area contributed by atoms with Gasteiger partial charge in [0.05, 0.1) is 18.6 Å². The molecule has 0 bridgehead atoms. The molecule has 0 fully saturated rings. The first-order chi connectivity index (χ1) is 8.87. The van der Waals surface area contributed by atoms with Gasteiger partial charge in [-0.15, -0.1) is 0 Å². The molecule has 0 aromatic heterocycles. The van der Waals surface area contributed by atoms with Crippen LogP contribution >= 0.6 is 0 Å². The molecule has 0 aromatic carbocycles. The van der Waals surface area contributed by atoms with Crippen molar-refractivity contribution in [2.24, 2.45) is 10.4 Å². The molecule has 0 unspecified atom stereocenters. The van der Waals surface area contributed by atoms with Crippen LogP contribution in [0.15, 0.2) is 29.3 Å². The van der Waals surface area contributed by atoms with Gasteiger partial charge in [-0.3, -0.25) is 14.6 Å². The molecule has 1 aliphatic carbocycles. The summed E-state index contributed by atoms with van der Waals surface area (Å²) >= 11 is 0. The smallest absolute Gasteiger partial charge is 0.311 e. The van der Waals surface area contributed by atoms with Gasteiger partial charge in [0.2, 0.25) is 0 Å². The van der Waals surface area contributed by atoms with Gasteiger partial charge in [0.15, 0.2) is 5.78 Å². The summed E-state index contributed by atoms with van der Waals surface area (Å²) in [6.45, 7) is 6.22. The summed E-state index contributed by atoms with van der Waals surface area (Å²) in [5.74, 6) is -0.289. The van der Waals surface area contributed by atoms with Gasteiger partial charge in [0.1, 0.15) is 0 Å². The lowest BCUT2D eigenvalue weighted by Gasteiger charge is -2.27. The van der Waals surface area contributed by atoms with Crippen LogP contribution in [0, 0.1) is 5.41 Å². The van der Waals surface area contributed by atoms with Gasteiger partial charge in [-0.1, -0.05) is 12.2 Å². The highest BCUT2D eigenvalue weighted by molar-refractivity contribution is 6.09. The number of rotatable bonds is 3. The Morgan fingerprint density at radius 1 is 1.37 bits per heavy atom. The minimum absolute atomic E-state index is 0.0224. The fraction of sp³-hybridized carbons (Fsp3) is 0.533. The average Bonchev–Trinajstić information content (AvgIpc) is 2.55. The fourth-order valence-corrected chi connectivity index (χ4v) is 2.76. The summed E-state index contributed by atoms with van der Waals surface area (Å²) in [7, 11) is 0. The second-order valence-corrected chi connectivity index (χ2v) is 5.64. The van der Waals surface area contributed by atoms with E-state index >= 15 is 0 Å². The van der Waals surface area contributed by atoms with Crippen molar-refractivity contribution in [2.45, 2.75) is 39.2 Å². The molecular formula is C15H19NO3. The molecule has 0 radical (unpaired) electrons. The monoisotopic (exact) mass is 261 g/mol. The van der Waals surface area contributed by atoms with Crippen molar-refractivity contribution >= 4 is 17.5 Å². The number of hydrogen-bond acceptors (Lipinski definition) is 4. The maximum atomic E-state index is 11.7. The molecule has 0 saturated heterocycles. The maximum Gasteiger partial charge on any atom is 0.311 e. The molecule has 2 rings (SSSR count). The highest BCUT2D eigenvalue weighted by Crippen LogP contribution is 2.44. The molecule has 1 spiro atoms. The predicted octanol–water partition coefficient (Wildman–Crippen LogP) is 2.24. The number of esters is 1. The minimum Gasteiger partial charge on any atom is -0.466 e. The fourth-order valence-electron chi connectivity index (χ4n) is 2.76. The first-order valence-corrected chi connectivity index (χ1v) is 6.54. The van der Waals surface area contributed by atoms with Crippen LogP contribution in [0.3, 0.4) is 0 Å². The van der Waals surface area contributed by atoms with E-state index in [0.29, 0.717) is 6.61 Å². The maximum absolute atomic E-state index is 11.7. The van der Waals surface area contributed by atoms with E-state index in [0.717, 1.165) is 12.1 Å². The average molecular weight is 261 g/mol. The second-order valence-electron chi connectivity index (χ2n) is 5.64. The van der Waals surface area contributed by atoms with E-state index in [9.17, 15) is 9.59 Å². The van der Waals surface area contributed by atoms with Crippen LogP contribution in [0.5, 0.6) is 0 Å². The SMILES string of the molecule is CCOC(=O)CC1=NC(C)(C)CC12C=CC(=O)C=C2. The van der Waals surface area contributed by atoms with Crippen molar-refractivity contribution in [2.75, 3.05) is 6.61 Å². The zero-order chi connectivity index (χ0) is 14.1. The van der Waals surface area contributed by atoms with Crippen LogP contribution in [0.25, 0.3) is 0 Å². The van der Waals surface area contributed by atoms with Gasteiger partial charge in [-0.05, 0) is 39.3 Å². The lowest BCUT2D eigenvalue weighted by molar-refractivity contribution is -0.141. The zero-order valence-corrected chi connectivity index (χ0v) is 11.6. The van der Waals surface area contributed by atoms with Crippen molar-refractivity contribution in [3.8, 4) is 0 Å². The standard InChI is InChI=1S/C15H19NO3/c1-4-19-13(18)9-12-15(10-14(2,3)16-12)7-5-11(17)6-8-15/h5-8H,4,9-10H2,1-3H3. The lowest BCUT2D eigenvalue weighted by Crippen LogP contribution is -2.29. The Balaban J connectivity index is 2.27. The Morgan fingerprint density at radius 3 is 2.58 bits per heavy atom. The van der Waals surface area contributed by atoms with Crippen LogP contribution < -0.4 is 0 Å². The summed E-state index contributed by atoms with van der Waals surface area (Å²) in [4.78, 5) is 27.6. The Bertz CT molecular complexity index is 482. The van der Waals surface area contributed by atoms with Crippen molar-refractivity contribution in [1.29, 1.82) is 0 Å². The highest BCUT2D eigenvalue weighted by Gasteiger charge is 2.44. The van der Waals surface area contributed by atoms with Crippen molar-refractivity contribution in [3.63, 3.8) is 0 Å². The number of hydrogen-bond donors (Lipinski definition) is 0. The van der Waals surface area contributed by atoms with Crippen LogP contribution in [-0.4, -0.2) is 29.6 Å². The number of carbonyl (C=O) groups excluding carboxylic acids is 2. The van der Waals surface area contributed by atoms with E-state index in [2.05, 4.69) is 4.99 Å². The van der Waals surface area contributed by atoms with E-state index in [-0.39, 0.29) is 23.7 Å². The summed E-state index contributed by atoms with van der Waals surface area (Å²) in [6.07, 6.45) is 7.80. The molecule has 0 saturated carbocycles. The number of allylic oxidation sites excluding steroid dienone is 4. The van der Waals surface area contributed by atoms with Gasteiger partial charge in [-0.2, -0.15) is 0 Å². The topological polar surface area (TPSA) is 55.7 Å². The molecule has 102 valence electrons. The van der Waals surface area contributed by atoms with Gasteiger partial charge in [-0.25, -0.2) is 0 Å². The summed E-state index contributed by atoms with van der Waals surface area (Å²) in [5, 5.41) is 0. The molecule has 19 heavy (non-hydrogen) atoms. The summed E-state index contributed by atoms with van der Waals surface area (Å²) in [6, 6.07) is 0. The quantitative estimate of drug-likeness (QED) is 0.732. The van der Waals surface area contributed by atoms with E-state index in [1.165, 1.54) is 0 Å². The van der Waals surface area contributed by atoms with Gasteiger partial charge in [0, 0.05) is 11.1 Å². The van der Waals surface area contributed by atoms with Crippen molar-refractivity contribution in [3.05, 3.63) is 24.3 Å². The van der Waals surface area contributed by atoms with E-state index in [4.69, 9.17) is 4.74 Å². The molecule has 1 aliphatic heterocycles. The highest BCUT2D eigenvalue weighted by atomic mass is 16.5.